The first-order chi connectivity index (χ1) is 9.47. The summed E-state index contributed by atoms with van der Waals surface area (Å²) in [6.07, 6.45) is 0.520. The van der Waals surface area contributed by atoms with E-state index in [0.717, 1.165) is 13.0 Å². The second-order valence-electron chi connectivity index (χ2n) is 4.99. The summed E-state index contributed by atoms with van der Waals surface area (Å²) in [6, 6.07) is 0.107. The fourth-order valence-electron chi connectivity index (χ4n) is 2.01. The van der Waals surface area contributed by atoms with Gasteiger partial charge >= 0.3 is 6.09 Å². The smallest absolute Gasteiger partial charge is 0.407 e. The maximum Gasteiger partial charge on any atom is 0.407 e. The number of carbonyl (C=O) groups is 1. The highest BCUT2D eigenvalue weighted by molar-refractivity contribution is 6.29. The summed E-state index contributed by atoms with van der Waals surface area (Å²) in [5, 5.41) is 10.9. The predicted molar refractivity (Wildman–Crippen MR) is 74.9 cm³/mol. The number of aryl methyl sites for hydroxylation is 1. The molecule has 1 aromatic rings. The van der Waals surface area contributed by atoms with E-state index >= 15 is 0 Å². The number of ether oxygens (including phenoxy) is 1. The molecule has 1 aromatic heterocycles. The number of anilines is 1. The molecule has 1 N–H and O–H groups in total. The standard InChI is InChI=1S/C12H18ClN5O2/c1-7-9(6-20-12(19)15-7)4-5-18(3)11-14-8(2)10(13)16-17-11/h7,9H,4-6H2,1-3H3,(H,15,19)/t7-,9+/m1/s1. The van der Waals surface area contributed by atoms with Crippen molar-refractivity contribution in [3.05, 3.63) is 10.8 Å². The molecule has 2 atom stereocenters. The van der Waals surface area contributed by atoms with Crippen LogP contribution in [0.1, 0.15) is 19.0 Å². The van der Waals surface area contributed by atoms with Crippen LogP contribution in [0.5, 0.6) is 0 Å². The molecule has 1 aliphatic rings. The van der Waals surface area contributed by atoms with Crippen molar-refractivity contribution in [3.63, 3.8) is 0 Å². The van der Waals surface area contributed by atoms with E-state index in [1.54, 1.807) is 6.92 Å². The summed E-state index contributed by atoms with van der Waals surface area (Å²) in [5.74, 6) is 0.817. The highest BCUT2D eigenvalue weighted by Gasteiger charge is 2.26. The molecule has 20 heavy (non-hydrogen) atoms. The third-order valence-electron chi connectivity index (χ3n) is 3.45. The molecule has 0 unspecified atom stereocenters. The molecule has 1 aliphatic heterocycles. The molecule has 0 saturated carbocycles. The van der Waals surface area contributed by atoms with Gasteiger partial charge in [0.05, 0.1) is 12.3 Å². The van der Waals surface area contributed by atoms with Crippen LogP contribution in [0.2, 0.25) is 5.15 Å². The molecule has 7 nitrogen and oxygen atoms in total. The minimum Gasteiger partial charge on any atom is -0.449 e. The normalized spacial score (nSPS) is 22.1. The Balaban J connectivity index is 1.90. The summed E-state index contributed by atoms with van der Waals surface area (Å²) < 4.78 is 5.00. The van der Waals surface area contributed by atoms with Crippen molar-refractivity contribution in [2.45, 2.75) is 26.3 Å². The van der Waals surface area contributed by atoms with E-state index in [9.17, 15) is 4.79 Å². The van der Waals surface area contributed by atoms with Crippen molar-refractivity contribution in [2.24, 2.45) is 5.92 Å². The Hall–Kier alpha value is -1.63. The molecule has 0 spiro atoms. The monoisotopic (exact) mass is 299 g/mol. The second-order valence-corrected chi connectivity index (χ2v) is 5.35. The number of alkyl carbamates (subject to hydrolysis) is 1. The number of rotatable bonds is 4. The minimum absolute atomic E-state index is 0.107. The fourth-order valence-corrected chi connectivity index (χ4v) is 2.09. The molecule has 8 heteroatoms. The van der Waals surface area contributed by atoms with Crippen molar-refractivity contribution in [3.8, 4) is 0 Å². The summed E-state index contributed by atoms with van der Waals surface area (Å²) in [5.41, 5.74) is 0.658. The zero-order chi connectivity index (χ0) is 14.7. The number of nitrogens with zero attached hydrogens (tertiary/aromatic N) is 4. The number of halogens is 1. The lowest BCUT2D eigenvalue weighted by Crippen LogP contribution is -2.47. The van der Waals surface area contributed by atoms with E-state index in [1.807, 2.05) is 18.9 Å². The molecule has 2 rings (SSSR count). The van der Waals surface area contributed by atoms with Crippen LogP contribution in [0.25, 0.3) is 0 Å². The van der Waals surface area contributed by atoms with Crippen LogP contribution in [-0.2, 0) is 4.74 Å². The first kappa shape index (κ1) is 14.8. The lowest BCUT2D eigenvalue weighted by Gasteiger charge is -2.30. The number of amides is 1. The molecule has 1 saturated heterocycles. The molecule has 0 bridgehead atoms. The van der Waals surface area contributed by atoms with Crippen molar-refractivity contribution >= 4 is 23.6 Å². The molecule has 0 aliphatic carbocycles. The Morgan fingerprint density at radius 1 is 1.50 bits per heavy atom. The van der Waals surface area contributed by atoms with Crippen LogP contribution in [0.15, 0.2) is 0 Å². The lowest BCUT2D eigenvalue weighted by molar-refractivity contribution is 0.0823. The van der Waals surface area contributed by atoms with Crippen molar-refractivity contribution < 1.29 is 9.53 Å². The van der Waals surface area contributed by atoms with Crippen LogP contribution >= 0.6 is 11.6 Å². The molecular weight excluding hydrogens is 282 g/mol. The van der Waals surface area contributed by atoms with Gasteiger partial charge in [0.1, 0.15) is 0 Å². The maximum atomic E-state index is 11.1. The SMILES string of the molecule is Cc1nc(N(C)CC[C@H]2COC(=O)N[C@@H]2C)nnc1Cl. The first-order valence-corrected chi connectivity index (χ1v) is 6.86. The maximum absolute atomic E-state index is 11.1. The zero-order valence-corrected chi connectivity index (χ0v) is 12.5. The average Bonchev–Trinajstić information content (AvgIpc) is 2.40. The molecule has 110 valence electrons. The highest BCUT2D eigenvalue weighted by Crippen LogP contribution is 2.17. The number of carbonyl (C=O) groups excluding carboxylic acids is 1. The Kier molecular flexibility index (Phi) is 4.59. The van der Waals surface area contributed by atoms with Crippen LogP contribution in [0.4, 0.5) is 10.7 Å². The van der Waals surface area contributed by atoms with Gasteiger partial charge in [-0.05, 0) is 20.3 Å². The van der Waals surface area contributed by atoms with Gasteiger partial charge in [-0.3, -0.25) is 0 Å². The van der Waals surface area contributed by atoms with Gasteiger partial charge in [0, 0.05) is 25.6 Å². The summed E-state index contributed by atoms with van der Waals surface area (Å²) in [4.78, 5) is 17.3. The number of hydrogen-bond donors (Lipinski definition) is 1. The average molecular weight is 300 g/mol. The third kappa shape index (κ3) is 3.47. The van der Waals surface area contributed by atoms with Gasteiger partial charge in [-0.25, -0.2) is 9.78 Å². The summed E-state index contributed by atoms with van der Waals surface area (Å²) in [7, 11) is 1.90. The molecule has 1 amide bonds. The van der Waals surface area contributed by atoms with Gasteiger partial charge in [-0.15, -0.1) is 10.2 Å². The van der Waals surface area contributed by atoms with Crippen LogP contribution < -0.4 is 10.2 Å². The van der Waals surface area contributed by atoms with Gasteiger partial charge in [-0.2, -0.15) is 0 Å². The highest BCUT2D eigenvalue weighted by atomic mass is 35.5. The topological polar surface area (TPSA) is 80.2 Å². The second kappa shape index (κ2) is 6.21. The predicted octanol–water partition coefficient (Wildman–Crippen LogP) is 1.40. The van der Waals surface area contributed by atoms with Gasteiger partial charge in [0.15, 0.2) is 5.15 Å². The van der Waals surface area contributed by atoms with Crippen LogP contribution in [0, 0.1) is 12.8 Å². The van der Waals surface area contributed by atoms with E-state index in [-0.39, 0.29) is 18.1 Å². The quantitative estimate of drug-likeness (QED) is 0.905. The van der Waals surface area contributed by atoms with E-state index in [2.05, 4.69) is 20.5 Å². The Morgan fingerprint density at radius 3 is 2.90 bits per heavy atom. The van der Waals surface area contributed by atoms with E-state index in [0.29, 0.717) is 23.4 Å². The lowest BCUT2D eigenvalue weighted by atomic mass is 9.97. The summed E-state index contributed by atoms with van der Waals surface area (Å²) >= 11 is 5.81. The third-order valence-corrected chi connectivity index (χ3v) is 3.80. The Morgan fingerprint density at radius 2 is 2.25 bits per heavy atom. The molecular formula is C12H18ClN5O2. The molecule has 2 heterocycles. The van der Waals surface area contributed by atoms with Gasteiger partial charge < -0.3 is 15.0 Å². The number of nitrogens with one attached hydrogen (secondary N) is 1. The molecule has 0 aromatic carbocycles. The van der Waals surface area contributed by atoms with Crippen molar-refractivity contribution in [1.29, 1.82) is 0 Å². The Labute approximate surface area is 122 Å². The van der Waals surface area contributed by atoms with Crippen molar-refractivity contribution in [1.82, 2.24) is 20.5 Å². The number of cyclic esters (lactones) is 1. The fraction of sp³-hybridized carbons (Fsp3) is 0.667. The van der Waals surface area contributed by atoms with Crippen molar-refractivity contribution in [2.75, 3.05) is 25.1 Å². The largest absolute Gasteiger partial charge is 0.449 e. The van der Waals surface area contributed by atoms with Gasteiger partial charge in [-0.1, -0.05) is 11.6 Å². The summed E-state index contributed by atoms with van der Waals surface area (Å²) in [6.45, 7) is 4.97. The van der Waals surface area contributed by atoms with Gasteiger partial charge in [0.2, 0.25) is 5.95 Å². The molecule has 1 fully saturated rings. The van der Waals surface area contributed by atoms with E-state index < -0.39 is 0 Å². The van der Waals surface area contributed by atoms with E-state index in [1.165, 1.54) is 0 Å². The van der Waals surface area contributed by atoms with Crippen LogP contribution in [0.3, 0.4) is 0 Å². The number of hydrogen-bond acceptors (Lipinski definition) is 6. The van der Waals surface area contributed by atoms with Crippen LogP contribution in [-0.4, -0.2) is 47.5 Å². The Bertz CT molecular complexity index is 499. The zero-order valence-electron chi connectivity index (χ0n) is 11.8. The minimum atomic E-state index is -0.344. The van der Waals surface area contributed by atoms with E-state index in [4.69, 9.17) is 16.3 Å². The first-order valence-electron chi connectivity index (χ1n) is 6.48. The molecule has 0 radical (unpaired) electrons. The van der Waals surface area contributed by atoms with Gasteiger partial charge in [0.25, 0.3) is 0 Å². The number of aromatic nitrogens is 3.